The first-order chi connectivity index (χ1) is 11.1. The predicted octanol–water partition coefficient (Wildman–Crippen LogP) is 0.717. The van der Waals surface area contributed by atoms with E-state index in [0.29, 0.717) is 18.8 Å². The number of ether oxygens (including phenoxy) is 1. The van der Waals surface area contributed by atoms with Gasteiger partial charge in [0.1, 0.15) is 6.61 Å². The van der Waals surface area contributed by atoms with E-state index in [1.165, 1.54) is 0 Å². The predicted molar refractivity (Wildman–Crippen MR) is 82.7 cm³/mol. The summed E-state index contributed by atoms with van der Waals surface area (Å²) in [6.07, 6.45) is 3.00. The zero-order valence-corrected chi connectivity index (χ0v) is 13.5. The second-order valence-corrected chi connectivity index (χ2v) is 6.29. The van der Waals surface area contributed by atoms with E-state index in [1.54, 1.807) is 23.2 Å². The summed E-state index contributed by atoms with van der Waals surface area (Å²) in [5, 5.41) is 7.66. The Morgan fingerprint density at radius 2 is 2.13 bits per heavy atom. The molecule has 0 radical (unpaired) electrons. The van der Waals surface area contributed by atoms with Gasteiger partial charge in [0.25, 0.3) is 5.91 Å². The minimum atomic E-state index is -0.112. The van der Waals surface area contributed by atoms with Crippen LogP contribution in [0.15, 0.2) is 18.3 Å². The van der Waals surface area contributed by atoms with Crippen LogP contribution in [-0.4, -0.2) is 69.7 Å². The Labute approximate surface area is 135 Å². The number of fused-ring (bicyclic) bond motifs is 1. The van der Waals surface area contributed by atoms with E-state index in [0.717, 1.165) is 12.8 Å². The molecule has 0 saturated carbocycles. The summed E-state index contributed by atoms with van der Waals surface area (Å²) in [4.78, 5) is 28.4. The highest BCUT2D eigenvalue weighted by Crippen LogP contribution is 2.26. The van der Waals surface area contributed by atoms with Crippen LogP contribution in [0.5, 0.6) is 0 Å². The van der Waals surface area contributed by atoms with Crippen molar-refractivity contribution in [2.75, 3.05) is 19.7 Å². The first-order valence-corrected chi connectivity index (χ1v) is 8.07. The van der Waals surface area contributed by atoms with Crippen molar-refractivity contribution in [3.8, 4) is 0 Å². The van der Waals surface area contributed by atoms with Crippen LogP contribution in [0.3, 0.4) is 0 Å². The molecule has 0 aromatic carbocycles. The standard InChI is InChI=1S/C16H22N4O3/c1-11(2)20-13-5-8-19(9-6-14(13)23-10-15(20)21)16(22)12-4-3-7-17-18-12/h3-4,7,11,13-14H,5-6,8-10H2,1-2H3/t13-,14-/m0/s1. The highest BCUT2D eigenvalue weighted by atomic mass is 16.5. The third-order valence-corrected chi connectivity index (χ3v) is 4.51. The molecule has 2 fully saturated rings. The number of aromatic nitrogens is 2. The van der Waals surface area contributed by atoms with Gasteiger partial charge in [-0.1, -0.05) is 0 Å². The van der Waals surface area contributed by atoms with Gasteiger partial charge >= 0.3 is 0 Å². The van der Waals surface area contributed by atoms with E-state index in [-0.39, 0.29) is 36.6 Å². The molecule has 0 spiro atoms. The van der Waals surface area contributed by atoms with Gasteiger partial charge in [-0.2, -0.15) is 5.10 Å². The van der Waals surface area contributed by atoms with E-state index in [9.17, 15) is 9.59 Å². The van der Waals surface area contributed by atoms with Crippen molar-refractivity contribution >= 4 is 11.8 Å². The molecule has 1 aromatic rings. The highest BCUT2D eigenvalue weighted by molar-refractivity contribution is 5.92. The molecule has 7 heteroatoms. The topological polar surface area (TPSA) is 75.6 Å². The Morgan fingerprint density at radius 1 is 1.35 bits per heavy atom. The number of rotatable bonds is 2. The van der Waals surface area contributed by atoms with Crippen LogP contribution in [0, 0.1) is 0 Å². The molecule has 0 bridgehead atoms. The minimum Gasteiger partial charge on any atom is -0.366 e. The smallest absolute Gasteiger partial charge is 0.274 e. The Kier molecular flexibility index (Phi) is 4.56. The fraction of sp³-hybridized carbons (Fsp3) is 0.625. The third kappa shape index (κ3) is 3.19. The number of morpholine rings is 1. The van der Waals surface area contributed by atoms with Gasteiger partial charge in [-0.05, 0) is 38.8 Å². The largest absolute Gasteiger partial charge is 0.366 e. The van der Waals surface area contributed by atoms with Crippen LogP contribution >= 0.6 is 0 Å². The summed E-state index contributed by atoms with van der Waals surface area (Å²) in [5.74, 6) is -0.0749. The Morgan fingerprint density at radius 3 is 2.83 bits per heavy atom. The van der Waals surface area contributed by atoms with Crippen molar-refractivity contribution in [2.24, 2.45) is 0 Å². The number of carbonyl (C=O) groups is 2. The summed E-state index contributed by atoms with van der Waals surface area (Å²) in [6, 6.07) is 3.56. The van der Waals surface area contributed by atoms with Crippen LogP contribution in [0.25, 0.3) is 0 Å². The summed E-state index contributed by atoms with van der Waals surface area (Å²) < 4.78 is 5.73. The third-order valence-electron chi connectivity index (χ3n) is 4.51. The van der Waals surface area contributed by atoms with E-state index in [1.807, 2.05) is 18.7 Å². The molecule has 2 aliphatic heterocycles. The van der Waals surface area contributed by atoms with Gasteiger partial charge in [0.15, 0.2) is 5.69 Å². The van der Waals surface area contributed by atoms with Crippen LogP contribution in [0.1, 0.15) is 37.2 Å². The lowest BCUT2D eigenvalue weighted by atomic mass is 10.0. The van der Waals surface area contributed by atoms with Crippen molar-refractivity contribution in [1.82, 2.24) is 20.0 Å². The van der Waals surface area contributed by atoms with Crippen molar-refractivity contribution in [2.45, 2.75) is 44.9 Å². The number of hydrogen-bond acceptors (Lipinski definition) is 5. The average molecular weight is 318 g/mol. The van der Waals surface area contributed by atoms with Crippen LogP contribution in [0.4, 0.5) is 0 Å². The molecule has 0 N–H and O–H groups in total. The molecular formula is C16H22N4O3. The molecule has 2 saturated heterocycles. The van der Waals surface area contributed by atoms with E-state index >= 15 is 0 Å². The number of amides is 2. The summed E-state index contributed by atoms with van der Waals surface area (Å²) in [5.41, 5.74) is 0.357. The number of hydrogen-bond donors (Lipinski definition) is 0. The highest BCUT2D eigenvalue weighted by Gasteiger charge is 2.40. The molecule has 7 nitrogen and oxygen atoms in total. The SMILES string of the molecule is CC(C)N1C(=O)CO[C@H]2CCN(C(=O)c3cccnn3)CC[C@@H]21. The normalized spacial score (nSPS) is 25.3. The van der Waals surface area contributed by atoms with Gasteiger partial charge < -0.3 is 14.5 Å². The van der Waals surface area contributed by atoms with Crippen molar-refractivity contribution < 1.29 is 14.3 Å². The molecular weight excluding hydrogens is 296 g/mol. The lowest BCUT2D eigenvalue weighted by molar-refractivity contribution is -0.160. The lowest BCUT2D eigenvalue weighted by Crippen LogP contribution is -2.56. The first-order valence-electron chi connectivity index (χ1n) is 8.07. The maximum atomic E-state index is 12.5. The molecule has 2 atom stereocenters. The van der Waals surface area contributed by atoms with Crippen molar-refractivity contribution in [3.05, 3.63) is 24.0 Å². The minimum absolute atomic E-state index is 0.00485. The van der Waals surface area contributed by atoms with Gasteiger partial charge in [-0.15, -0.1) is 5.10 Å². The molecule has 3 heterocycles. The molecule has 23 heavy (non-hydrogen) atoms. The zero-order valence-electron chi connectivity index (χ0n) is 13.5. The fourth-order valence-corrected chi connectivity index (χ4v) is 3.46. The van der Waals surface area contributed by atoms with E-state index in [2.05, 4.69) is 10.2 Å². The zero-order chi connectivity index (χ0) is 16.4. The van der Waals surface area contributed by atoms with Gasteiger partial charge in [0.2, 0.25) is 5.91 Å². The average Bonchev–Trinajstić information content (AvgIpc) is 2.77. The number of carbonyl (C=O) groups excluding carboxylic acids is 2. The monoisotopic (exact) mass is 318 g/mol. The van der Waals surface area contributed by atoms with Gasteiger partial charge in [0, 0.05) is 25.3 Å². The molecule has 0 unspecified atom stereocenters. The van der Waals surface area contributed by atoms with Crippen molar-refractivity contribution in [1.29, 1.82) is 0 Å². The van der Waals surface area contributed by atoms with Crippen LogP contribution in [-0.2, 0) is 9.53 Å². The quantitative estimate of drug-likeness (QED) is 0.803. The molecule has 2 aliphatic rings. The van der Waals surface area contributed by atoms with Crippen molar-refractivity contribution in [3.63, 3.8) is 0 Å². The maximum absolute atomic E-state index is 12.5. The Hall–Kier alpha value is -2.02. The van der Waals surface area contributed by atoms with Crippen LogP contribution < -0.4 is 0 Å². The molecule has 124 valence electrons. The van der Waals surface area contributed by atoms with Crippen LogP contribution in [0.2, 0.25) is 0 Å². The fourth-order valence-electron chi connectivity index (χ4n) is 3.46. The lowest BCUT2D eigenvalue weighted by Gasteiger charge is -2.42. The van der Waals surface area contributed by atoms with Gasteiger partial charge in [-0.25, -0.2) is 0 Å². The van der Waals surface area contributed by atoms with Gasteiger partial charge in [0.05, 0.1) is 12.1 Å². The number of nitrogens with zero attached hydrogens (tertiary/aromatic N) is 4. The number of likely N-dealkylation sites (tertiary alicyclic amines) is 1. The summed E-state index contributed by atoms with van der Waals surface area (Å²) >= 11 is 0. The van der Waals surface area contributed by atoms with Gasteiger partial charge in [-0.3, -0.25) is 9.59 Å². The second kappa shape index (κ2) is 6.62. The molecule has 0 aliphatic carbocycles. The molecule has 1 aromatic heterocycles. The van der Waals surface area contributed by atoms with E-state index in [4.69, 9.17) is 4.74 Å². The molecule has 2 amide bonds. The maximum Gasteiger partial charge on any atom is 0.274 e. The summed E-state index contributed by atoms with van der Waals surface area (Å²) in [7, 11) is 0. The second-order valence-electron chi connectivity index (χ2n) is 6.29. The first kappa shape index (κ1) is 15.9. The molecule has 3 rings (SSSR count). The van der Waals surface area contributed by atoms with E-state index < -0.39 is 0 Å². The Bertz CT molecular complexity index is 578. The summed E-state index contributed by atoms with van der Waals surface area (Å²) in [6.45, 7) is 5.38. The Balaban J connectivity index is 1.74.